The standard InChI is InChI=1S/C36H40N4O4S/c1-22-9-6-10-23(2)32(22)29-21-31-39-35(38-29)40-45(42,43)28-14-8-13-26(20-28)34(41)37-30(19-24-11-7-12-24)33(44-31)25-15-17-27(18-16-25)36(3,4)5/h6,8-10,13-18,20-21,24,30,33H,7,11-12,19H2,1-5H3,(H,37,41)(H,38,39,40)/t30-,33-/m1/s1. The average Bonchev–Trinajstić information content (AvgIpc) is 2.96. The average molecular weight is 625 g/mol. The van der Waals surface area contributed by atoms with Crippen molar-refractivity contribution in [1.29, 1.82) is 0 Å². The summed E-state index contributed by atoms with van der Waals surface area (Å²) in [5, 5.41) is 3.23. The third kappa shape index (κ3) is 6.59. The number of aromatic nitrogens is 2. The van der Waals surface area contributed by atoms with Gasteiger partial charge in [-0.25, -0.2) is 18.1 Å². The highest BCUT2D eigenvalue weighted by Gasteiger charge is 2.33. The van der Waals surface area contributed by atoms with Gasteiger partial charge in [-0.3, -0.25) is 4.79 Å². The van der Waals surface area contributed by atoms with Crippen LogP contribution in [0.4, 0.5) is 5.95 Å². The predicted octanol–water partition coefficient (Wildman–Crippen LogP) is 7.28. The van der Waals surface area contributed by atoms with E-state index in [1.165, 1.54) is 17.7 Å². The number of fused-ring (bicyclic) bond motifs is 4. The highest BCUT2D eigenvalue weighted by molar-refractivity contribution is 7.92. The number of ether oxygens (including phenoxy) is 1. The summed E-state index contributed by atoms with van der Waals surface area (Å²) < 4.78 is 36.4. The first kappa shape index (κ1) is 30.8. The molecule has 45 heavy (non-hydrogen) atoms. The van der Waals surface area contributed by atoms with Crippen LogP contribution < -0.4 is 14.8 Å². The summed E-state index contributed by atoms with van der Waals surface area (Å²) in [5.74, 6) is 0.200. The van der Waals surface area contributed by atoms with Crippen molar-refractivity contribution < 1.29 is 17.9 Å². The van der Waals surface area contributed by atoms with E-state index in [0.29, 0.717) is 11.6 Å². The van der Waals surface area contributed by atoms with E-state index in [9.17, 15) is 13.2 Å². The van der Waals surface area contributed by atoms with Crippen molar-refractivity contribution in [2.24, 2.45) is 5.92 Å². The Bertz CT molecular complexity index is 1820. The number of anilines is 1. The van der Waals surface area contributed by atoms with Crippen LogP contribution in [-0.2, 0) is 15.4 Å². The minimum atomic E-state index is -4.12. The van der Waals surface area contributed by atoms with E-state index in [1.807, 2.05) is 32.0 Å². The number of sulfonamides is 1. The van der Waals surface area contributed by atoms with Crippen LogP contribution in [-0.4, -0.2) is 30.3 Å². The topological polar surface area (TPSA) is 110 Å². The first-order chi connectivity index (χ1) is 21.4. The number of carbonyl (C=O) groups is 1. The van der Waals surface area contributed by atoms with Gasteiger partial charge >= 0.3 is 0 Å². The number of rotatable bonds is 4. The van der Waals surface area contributed by atoms with Crippen LogP contribution in [0.3, 0.4) is 0 Å². The fourth-order valence-corrected chi connectivity index (χ4v) is 7.13. The van der Waals surface area contributed by atoms with E-state index in [0.717, 1.165) is 47.9 Å². The molecule has 0 spiro atoms. The van der Waals surface area contributed by atoms with E-state index < -0.39 is 22.2 Å². The van der Waals surface area contributed by atoms with Crippen molar-refractivity contribution in [3.05, 3.63) is 101 Å². The van der Waals surface area contributed by atoms with Gasteiger partial charge in [0.1, 0.15) is 6.10 Å². The summed E-state index contributed by atoms with van der Waals surface area (Å²) in [5.41, 5.74) is 5.69. The van der Waals surface area contributed by atoms with Gasteiger partial charge in [0.15, 0.2) is 0 Å². The molecule has 2 N–H and O–H groups in total. The van der Waals surface area contributed by atoms with Gasteiger partial charge in [-0.15, -0.1) is 0 Å². The zero-order valence-corrected chi connectivity index (χ0v) is 27.2. The minimum Gasteiger partial charge on any atom is -0.467 e. The maximum Gasteiger partial charge on any atom is 0.264 e. The van der Waals surface area contributed by atoms with Gasteiger partial charge in [-0.05, 0) is 72.1 Å². The molecular weight excluding hydrogens is 584 g/mol. The second-order valence-corrected chi connectivity index (χ2v) is 15.0. The molecule has 8 nitrogen and oxygen atoms in total. The number of aryl methyl sites for hydroxylation is 2. The first-order valence-electron chi connectivity index (χ1n) is 15.5. The van der Waals surface area contributed by atoms with Gasteiger partial charge in [0.25, 0.3) is 15.9 Å². The molecular formula is C36H40N4O4S. The van der Waals surface area contributed by atoms with E-state index in [-0.39, 0.29) is 33.6 Å². The van der Waals surface area contributed by atoms with Crippen molar-refractivity contribution in [3.63, 3.8) is 0 Å². The number of amides is 1. The van der Waals surface area contributed by atoms with E-state index in [2.05, 4.69) is 65.0 Å². The van der Waals surface area contributed by atoms with Crippen LogP contribution >= 0.6 is 0 Å². The number of nitrogens with zero attached hydrogens (tertiary/aromatic N) is 2. The molecule has 234 valence electrons. The predicted molar refractivity (Wildman–Crippen MR) is 176 cm³/mol. The number of hydrogen-bond acceptors (Lipinski definition) is 6. The molecule has 3 aromatic carbocycles. The maximum atomic E-state index is 13.7. The second kappa shape index (κ2) is 11.9. The van der Waals surface area contributed by atoms with Crippen molar-refractivity contribution in [2.45, 2.75) is 82.8 Å². The van der Waals surface area contributed by atoms with Crippen LogP contribution in [0.5, 0.6) is 5.88 Å². The lowest BCUT2D eigenvalue weighted by atomic mass is 9.79. The lowest BCUT2D eigenvalue weighted by molar-refractivity contribution is 0.0808. The normalized spacial score (nSPS) is 19.9. The molecule has 1 saturated carbocycles. The summed E-state index contributed by atoms with van der Waals surface area (Å²) in [6.07, 6.45) is 3.46. The quantitative estimate of drug-likeness (QED) is 0.247. The molecule has 2 atom stereocenters. The number of hydrogen-bond donors (Lipinski definition) is 2. The summed E-state index contributed by atoms with van der Waals surface area (Å²) in [7, 11) is -4.12. The minimum absolute atomic E-state index is 0.0340. The Morgan fingerprint density at radius 1 is 0.911 bits per heavy atom. The number of benzene rings is 3. The van der Waals surface area contributed by atoms with Gasteiger partial charge in [0, 0.05) is 17.2 Å². The Kier molecular flexibility index (Phi) is 8.16. The Balaban J connectivity index is 1.55. The molecule has 1 fully saturated rings. The lowest BCUT2D eigenvalue weighted by Crippen LogP contribution is -2.43. The molecule has 2 aliphatic rings. The molecule has 4 aromatic rings. The van der Waals surface area contributed by atoms with Crippen molar-refractivity contribution in [3.8, 4) is 17.1 Å². The lowest BCUT2D eigenvalue weighted by Gasteiger charge is -2.35. The molecule has 4 bridgehead atoms. The van der Waals surface area contributed by atoms with Gasteiger partial charge in [0.2, 0.25) is 11.8 Å². The van der Waals surface area contributed by atoms with Gasteiger partial charge < -0.3 is 10.1 Å². The molecule has 6 rings (SSSR count). The van der Waals surface area contributed by atoms with Crippen molar-refractivity contribution in [2.75, 3.05) is 4.72 Å². The number of carbonyl (C=O) groups excluding carboxylic acids is 1. The molecule has 2 heterocycles. The van der Waals surface area contributed by atoms with Crippen molar-refractivity contribution in [1.82, 2.24) is 15.3 Å². The van der Waals surface area contributed by atoms with E-state index in [4.69, 9.17) is 4.74 Å². The second-order valence-electron chi connectivity index (χ2n) is 13.3. The molecule has 1 aliphatic heterocycles. The molecule has 0 radical (unpaired) electrons. The van der Waals surface area contributed by atoms with Crippen LogP contribution in [0.2, 0.25) is 0 Å². The van der Waals surface area contributed by atoms with Crippen LogP contribution in [0.25, 0.3) is 11.3 Å². The van der Waals surface area contributed by atoms with Crippen LogP contribution in [0, 0.1) is 19.8 Å². The number of nitrogens with one attached hydrogen (secondary N) is 2. The molecule has 9 heteroatoms. The molecule has 1 amide bonds. The zero-order valence-electron chi connectivity index (χ0n) is 26.4. The highest BCUT2D eigenvalue weighted by atomic mass is 32.2. The van der Waals surface area contributed by atoms with Gasteiger partial charge in [0.05, 0.1) is 16.6 Å². The summed E-state index contributed by atoms with van der Waals surface area (Å²) >= 11 is 0. The summed E-state index contributed by atoms with van der Waals surface area (Å²) in [6, 6.07) is 21.7. The Morgan fingerprint density at radius 2 is 1.60 bits per heavy atom. The monoisotopic (exact) mass is 624 g/mol. The zero-order chi connectivity index (χ0) is 31.9. The highest BCUT2D eigenvalue weighted by Crippen LogP contribution is 2.37. The van der Waals surface area contributed by atoms with E-state index in [1.54, 1.807) is 18.2 Å². The van der Waals surface area contributed by atoms with Gasteiger partial charge in [-0.2, -0.15) is 4.98 Å². The SMILES string of the molecule is Cc1cccc(C)c1-c1cc2nc(n1)NS(=O)(=O)c1cccc(c1)C(=O)N[C@H](CC1CCC1)[C@@H](c1ccc(C(C)(C)C)cc1)O2. The van der Waals surface area contributed by atoms with Crippen LogP contribution in [0.1, 0.15) is 85.2 Å². The Labute approximate surface area is 265 Å². The first-order valence-corrected chi connectivity index (χ1v) is 17.0. The third-order valence-corrected chi connectivity index (χ3v) is 10.2. The molecule has 0 unspecified atom stereocenters. The molecule has 1 aromatic heterocycles. The van der Waals surface area contributed by atoms with Crippen molar-refractivity contribution >= 4 is 21.9 Å². The largest absolute Gasteiger partial charge is 0.467 e. The molecule has 1 aliphatic carbocycles. The third-order valence-electron chi connectivity index (χ3n) is 8.92. The fourth-order valence-electron chi connectivity index (χ4n) is 6.14. The summed E-state index contributed by atoms with van der Waals surface area (Å²) in [4.78, 5) is 22.9. The maximum absolute atomic E-state index is 13.7. The Hall–Kier alpha value is -4.24. The fraction of sp³-hybridized carbons (Fsp3) is 0.361. The van der Waals surface area contributed by atoms with E-state index >= 15 is 0 Å². The smallest absolute Gasteiger partial charge is 0.264 e. The summed E-state index contributed by atoms with van der Waals surface area (Å²) in [6.45, 7) is 10.5. The molecule has 0 saturated heterocycles. The Morgan fingerprint density at radius 3 is 2.24 bits per heavy atom. The van der Waals surface area contributed by atoms with Crippen LogP contribution in [0.15, 0.2) is 77.7 Å². The van der Waals surface area contributed by atoms with Gasteiger partial charge in [-0.1, -0.05) is 88.6 Å².